The molecular formula is C14H18O2S. The van der Waals surface area contributed by atoms with E-state index in [1.807, 2.05) is 0 Å². The normalized spacial score (nSPS) is 43.1. The van der Waals surface area contributed by atoms with Crippen molar-refractivity contribution < 1.29 is 8.42 Å². The predicted octanol–water partition coefficient (Wildman–Crippen LogP) is 3.03. The molecule has 0 aromatic rings. The Balaban J connectivity index is 1.74. The Bertz CT molecular complexity index is 484. The van der Waals surface area contributed by atoms with Gasteiger partial charge in [-0.05, 0) is 62.2 Å². The average molecular weight is 250 g/mol. The van der Waals surface area contributed by atoms with Gasteiger partial charge < -0.3 is 0 Å². The van der Waals surface area contributed by atoms with Crippen LogP contribution in [0.1, 0.15) is 38.5 Å². The fraction of sp³-hybridized carbons (Fsp3) is 0.714. The molecule has 2 fully saturated rings. The van der Waals surface area contributed by atoms with E-state index in [0.29, 0.717) is 23.7 Å². The zero-order chi connectivity index (χ0) is 11.6. The zero-order valence-electron chi connectivity index (χ0n) is 9.93. The standard InChI is InChI=1S/C14H18O2S/c15-17(16,13-7-9-1-3-11(13)5-9)14-8-10-2-4-12(14)6-10/h7-12H,1-6H2. The lowest BCUT2D eigenvalue weighted by atomic mass is 10.1. The molecule has 0 spiro atoms. The van der Waals surface area contributed by atoms with Crippen molar-refractivity contribution in [2.45, 2.75) is 38.5 Å². The number of sulfone groups is 1. The summed E-state index contributed by atoms with van der Waals surface area (Å²) in [6.07, 6.45) is 10.9. The Morgan fingerprint density at radius 2 is 1.29 bits per heavy atom. The van der Waals surface area contributed by atoms with Crippen molar-refractivity contribution in [3.8, 4) is 0 Å². The SMILES string of the molecule is O=S(=O)(C1=CC2CCC1C2)C1=CC2CCC1C2. The number of hydrogen-bond donors (Lipinski definition) is 0. The van der Waals surface area contributed by atoms with Gasteiger partial charge in [0.2, 0.25) is 0 Å². The Kier molecular flexibility index (Phi) is 1.98. The Labute approximate surface area is 103 Å². The highest BCUT2D eigenvalue weighted by atomic mass is 32.2. The molecule has 4 unspecified atom stereocenters. The summed E-state index contributed by atoms with van der Waals surface area (Å²) in [5, 5.41) is 0. The maximum Gasteiger partial charge on any atom is 0.198 e. The first kappa shape index (κ1) is 10.4. The van der Waals surface area contributed by atoms with E-state index in [0.717, 1.165) is 35.5 Å². The van der Waals surface area contributed by atoms with Crippen molar-refractivity contribution in [3.63, 3.8) is 0 Å². The van der Waals surface area contributed by atoms with E-state index in [2.05, 4.69) is 12.2 Å². The van der Waals surface area contributed by atoms with Crippen molar-refractivity contribution in [2.24, 2.45) is 23.7 Å². The van der Waals surface area contributed by atoms with Crippen LogP contribution in [0.15, 0.2) is 22.0 Å². The second-order valence-electron chi connectivity index (χ2n) is 6.18. The Hall–Kier alpha value is -0.570. The first-order valence-electron chi connectivity index (χ1n) is 6.83. The molecule has 0 N–H and O–H groups in total. The maximum atomic E-state index is 12.7. The van der Waals surface area contributed by atoms with E-state index >= 15 is 0 Å². The van der Waals surface area contributed by atoms with Gasteiger partial charge in [0.15, 0.2) is 9.84 Å². The van der Waals surface area contributed by atoms with Crippen LogP contribution in [-0.4, -0.2) is 8.42 Å². The molecule has 17 heavy (non-hydrogen) atoms. The quantitative estimate of drug-likeness (QED) is 0.755. The minimum Gasteiger partial charge on any atom is -0.219 e. The van der Waals surface area contributed by atoms with Crippen LogP contribution in [-0.2, 0) is 9.84 Å². The number of hydrogen-bond acceptors (Lipinski definition) is 2. The molecule has 0 aromatic carbocycles. The first-order valence-corrected chi connectivity index (χ1v) is 8.31. The van der Waals surface area contributed by atoms with E-state index in [-0.39, 0.29) is 0 Å². The lowest BCUT2D eigenvalue weighted by Gasteiger charge is -2.19. The predicted molar refractivity (Wildman–Crippen MR) is 66.7 cm³/mol. The fourth-order valence-corrected chi connectivity index (χ4v) is 6.66. The van der Waals surface area contributed by atoms with Crippen molar-refractivity contribution in [2.75, 3.05) is 0 Å². The molecule has 2 nitrogen and oxygen atoms in total. The van der Waals surface area contributed by atoms with Crippen LogP contribution in [0.4, 0.5) is 0 Å². The molecule has 4 bridgehead atoms. The molecule has 0 saturated heterocycles. The molecule has 2 saturated carbocycles. The summed E-state index contributed by atoms with van der Waals surface area (Å²) in [7, 11) is -3.08. The second-order valence-corrected chi connectivity index (χ2v) is 8.13. The summed E-state index contributed by atoms with van der Waals surface area (Å²) in [5.41, 5.74) is 0. The molecule has 3 heteroatoms. The first-order chi connectivity index (χ1) is 8.14. The lowest BCUT2D eigenvalue weighted by molar-refractivity contribution is 0.581. The van der Waals surface area contributed by atoms with Gasteiger partial charge in [-0.3, -0.25) is 0 Å². The van der Waals surface area contributed by atoms with E-state index in [1.54, 1.807) is 0 Å². The number of fused-ring (bicyclic) bond motifs is 4. The maximum absolute atomic E-state index is 12.7. The van der Waals surface area contributed by atoms with Crippen LogP contribution in [0.3, 0.4) is 0 Å². The highest BCUT2D eigenvalue weighted by Crippen LogP contribution is 2.52. The minimum absolute atomic E-state index is 0.352. The second kappa shape index (κ2) is 3.25. The zero-order valence-corrected chi connectivity index (χ0v) is 10.7. The van der Waals surface area contributed by atoms with Gasteiger partial charge in [-0.15, -0.1) is 0 Å². The number of allylic oxidation sites excluding steroid dienone is 4. The third-order valence-corrected chi connectivity index (χ3v) is 7.35. The van der Waals surface area contributed by atoms with Gasteiger partial charge in [-0.25, -0.2) is 8.42 Å². The van der Waals surface area contributed by atoms with Crippen LogP contribution in [0.5, 0.6) is 0 Å². The highest BCUT2D eigenvalue weighted by molar-refractivity contribution is 7.99. The molecule has 0 aromatic heterocycles. The molecule has 0 heterocycles. The van der Waals surface area contributed by atoms with E-state index in [4.69, 9.17) is 0 Å². The summed E-state index contributed by atoms with van der Waals surface area (Å²) in [4.78, 5) is 1.57. The molecule has 4 aliphatic rings. The molecule has 92 valence electrons. The van der Waals surface area contributed by atoms with Gasteiger partial charge in [0.1, 0.15) is 0 Å². The average Bonchev–Trinajstić information content (AvgIpc) is 3.07. The Morgan fingerprint density at radius 1 is 0.824 bits per heavy atom. The van der Waals surface area contributed by atoms with E-state index in [1.165, 1.54) is 12.8 Å². The summed E-state index contributed by atoms with van der Waals surface area (Å²) < 4.78 is 25.4. The van der Waals surface area contributed by atoms with Gasteiger partial charge in [0.05, 0.1) is 0 Å². The summed E-state index contributed by atoms with van der Waals surface area (Å²) in [6.45, 7) is 0. The van der Waals surface area contributed by atoms with E-state index in [9.17, 15) is 8.42 Å². The molecule has 0 aliphatic heterocycles. The largest absolute Gasteiger partial charge is 0.219 e. The van der Waals surface area contributed by atoms with Gasteiger partial charge in [0.25, 0.3) is 0 Å². The van der Waals surface area contributed by atoms with Crippen molar-refractivity contribution in [1.29, 1.82) is 0 Å². The van der Waals surface area contributed by atoms with Crippen molar-refractivity contribution in [3.05, 3.63) is 22.0 Å². The van der Waals surface area contributed by atoms with Crippen LogP contribution >= 0.6 is 0 Å². The molecule has 0 amide bonds. The highest BCUT2D eigenvalue weighted by Gasteiger charge is 2.45. The monoisotopic (exact) mass is 250 g/mol. The van der Waals surface area contributed by atoms with Crippen molar-refractivity contribution >= 4 is 9.84 Å². The molecule has 0 radical (unpaired) electrons. The summed E-state index contributed by atoms with van der Waals surface area (Å²) >= 11 is 0. The van der Waals surface area contributed by atoms with Gasteiger partial charge in [-0.1, -0.05) is 12.2 Å². The van der Waals surface area contributed by atoms with Crippen LogP contribution in [0, 0.1) is 23.7 Å². The summed E-state index contributed by atoms with van der Waals surface area (Å²) in [5.74, 6) is 1.82. The van der Waals surface area contributed by atoms with E-state index < -0.39 is 9.84 Å². The van der Waals surface area contributed by atoms with Gasteiger partial charge in [0, 0.05) is 9.81 Å². The molecule has 4 atom stereocenters. The summed E-state index contributed by atoms with van der Waals surface area (Å²) in [6, 6.07) is 0. The van der Waals surface area contributed by atoms with Gasteiger partial charge >= 0.3 is 0 Å². The lowest BCUT2D eigenvalue weighted by Crippen LogP contribution is -2.16. The topological polar surface area (TPSA) is 34.1 Å². The Morgan fingerprint density at radius 3 is 1.59 bits per heavy atom. The van der Waals surface area contributed by atoms with Crippen molar-refractivity contribution in [1.82, 2.24) is 0 Å². The third-order valence-electron chi connectivity index (χ3n) is 5.17. The molecule has 4 rings (SSSR count). The minimum atomic E-state index is -3.08. The van der Waals surface area contributed by atoms with Crippen LogP contribution in [0.25, 0.3) is 0 Å². The van der Waals surface area contributed by atoms with Crippen LogP contribution in [0.2, 0.25) is 0 Å². The molecular weight excluding hydrogens is 232 g/mol. The number of rotatable bonds is 2. The third kappa shape index (κ3) is 1.35. The fourth-order valence-electron chi connectivity index (χ4n) is 4.34. The smallest absolute Gasteiger partial charge is 0.198 e. The van der Waals surface area contributed by atoms with Crippen LogP contribution < -0.4 is 0 Å². The molecule has 4 aliphatic carbocycles. The van der Waals surface area contributed by atoms with Gasteiger partial charge in [-0.2, -0.15) is 0 Å².